The second kappa shape index (κ2) is 7.48. The van der Waals surface area contributed by atoms with Crippen LogP contribution in [-0.4, -0.2) is 43.8 Å². The number of nitrogens with one attached hydrogen (secondary N) is 2. The first-order valence-electron chi connectivity index (χ1n) is 9.83. The van der Waals surface area contributed by atoms with Gasteiger partial charge in [0.25, 0.3) is 0 Å². The Morgan fingerprint density at radius 3 is 2.93 bits per heavy atom. The summed E-state index contributed by atoms with van der Waals surface area (Å²) in [6.45, 7) is 3.21. The molecule has 2 aromatic heterocycles. The fraction of sp³-hybridized carbons (Fsp3) is 0.273. The van der Waals surface area contributed by atoms with Crippen LogP contribution in [0.15, 0.2) is 67.4 Å². The molecule has 6 heteroatoms. The van der Waals surface area contributed by atoms with E-state index in [1.165, 1.54) is 24.1 Å². The molecular weight excluding hydrogens is 348 g/mol. The van der Waals surface area contributed by atoms with Gasteiger partial charge in [-0.1, -0.05) is 12.1 Å². The number of imidazole rings is 1. The van der Waals surface area contributed by atoms with E-state index in [0.29, 0.717) is 6.04 Å². The van der Waals surface area contributed by atoms with Gasteiger partial charge >= 0.3 is 0 Å². The first-order chi connectivity index (χ1) is 13.8. The second-order valence-electron chi connectivity index (χ2n) is 7.53. The third-order valence-electron chi connectivity index (χ3n) is 5.46. The first-order valence-corrected chi connectivity index (χ1v) is 9.83. The third kappa shape index (κ3) is 3.64. The zero-order chi connectivity index (χ0) is 18.8. The van der Waals surface area contributed by atoms with Crippen molar-refractivity contribution < 1.29 is 0 Å². The van der Waals surface area contributed by atoms with Gasteiger partial charge in [-0.3, -0.25) is 10.00 Å². The molecule has 0 saturated carbocycles. The van der Waals surface area contributed by atoms with E-state index >= 15 is 0 Å². The third-order valence-corrected chi connectivity index (χ3v) is 5.46. The molecule has 142 valence electrons. The van der Waals surface area contributed by atoms with Crippen molar-refractivity contribution in [1.29, 1.82) is 0 Å². The maximum atomic E-state index is 4.11. The zero-order valence-electron chi connectivity index (χ0n) is 15.8. The molecule has 2 aromatic carbocycles. The van der Waals surface area contributed by atoms with Crippen molar-refractivity contribution in [2.75, 3.05) is 18.4 Å². The molecule has 1 aliphatic heterocycles. The maximum absolute atomic E-state index is 4.11. The molecule has 28 heavy (non-hydrogen) atoms. The average Bonchev–Trinajstić information content (AvgIpc) is 3.41. The Morgan fingerprint density at radius 2 is 2.07 bits per heavy atom. The van der Waals surface area contributed by atoms with Gasteiger partial charge in [0.1, 0.15) is 0 Å². The van der Waals surface area contributed by atoms with E-state index in [1.807, 2.05) is 23.3 Å². The van der Waals surface area contributed by atoms with E-state index in [-0.39, 0.29) is 0 Å². The van der Waals surface area contributed by atoms with Gasteiger partial charge in [0.05, 0.1) is 18.0 Å². The Hall–Kier alpha value is -3.12. The number of benzene rings is 2. The summed E-state index contributed by atoms with van der Waals surface area (Å²) >= 11 is 0. The minimum Gasteiger partial charge on any atom is -0.381 e. The van der Waals surface area contributed by atoms with Crippen molar-refractivity contribution in [2.24, 2.45) is 0 Å². The van der Waals surface area contributed by atoms with Crippen LogP contribution in [0, 0.1) is 0 Å². The molecule has 1 saturated heterocycles. The number of aromatic amines is 1. The van der Waals surface area contributed by atoms with Crippen LogP contribution < -0.4 is 5.32 Å². The minimum atomic E-state index is 0.475. The Kier molecular flexibility index (Phi) is 4.54. The monoisotopic (exact) mass is 372 g/mol. The van der Waals surface area contributed by atoms with Crippen LogP contribution in [0.25, 0.3) is 16.6 Å². The molecule has 0 unspecified atom stereocenters. The average molecular weight is 372 g/mol. The lowest BCUT2D eigenvalue weighted by atomic mass is 10.0. The van der Waals surface area contributed by atoms with Crippen LogP contribution in [0.2, 0.25) is 0 Å². The van der Waals surface area contributed by atoms with Gasteiger partial charge in [-0.2, -0.15) is 5.10 Å². The smallest absolute Gasteiger partial charge is 0.0991 e. The highest BCUT2D eigenvalue weighted by Gasteiger charge is 2.20. The molecule has 1 aliphatic rings. The molecule has 0 amide bonds. The molecule has 4 aromatic rings. The van der Waals surface area contributed by atoms with Crippen LogP contribution in [0.1, 0.15) is 18.4 Å². The maximum Gasteiger partial charge on any atom is 0.0991 e. The number of H-pyrrole nitrogens is 1. The quantitative estimate of drug-likeness (QED) is 0.559. The fourth-order valence-corrected chi connectivity index (χ4v) is 4.03. The van der Waals surface area contributed by atoms with Crippen LogP contribution in [0.5, 0.6) is 0 Å². The summed E-state index contributed by atoms with van der Waals surface area (Å²) in [4.78, 5) is 6.66. The Morgan fingerprint density at radius 1 is 1.14 bits per heavy atom. The van der Waals surface area contributed by atoms with Crippen LogP contribution >= 0.6 is 0 Å². The number of anilines is 1. The summed E-state index contributed by atoms with van der Waals surface area (Å²) < 4.78 is 2.03. The summed E-state index contributed by atoms with van der Waals surface area (Å²) in [5.41, 5.74) is 4.75. The highest BCUT2D eigenvalue weighted by molar-refractivity contribution is 5.81. The number of nitrogens with zero attached hydrogens (tertiary/aromatic N) is 4. The number of aromatic nitrogens is 4. The van der Waals surface area contributed by atoms with Crippen molar-refractivity contribution >= 4 is 16.6 Å². The second-order valence-corrected chi connectivity index (χ2v) is 7.53. The lowest BCUT2D eigenvalue weighted by Gasteiger charge is -2.33. The van der Waals surface area contributed by atoms with E-state index in [0.717, 1.165) is 36.2 Å². The molecule has 1 fully saturated rings. The molecule has 2 N–H and O–H groups in total. The van der Waals surface area contributed by atoms with Gasteiger partial charge in [0.15, 0.2) is 0 Å². The number of fused-ring (bicyclic) bond motifs is 1. The van der Waals surface area contributed by atoms with E-state index in [9.17, 15) is 0 Å². The van der Waals surface area contributed by atoms with Crippen molar-refractivity contribution in [2.45, 2.75) is 25.4 Å². The number of likely N-dealkylation sites (tertiary alicyclic amines) is 1. The van der Waals surface area contributed by atoms with Gasteiger partial charge < -0.3 is 9.88 Å². The van der Waals surface area contributed by atoms with Crippen LogP contribution in [0.4, 0.5) is 5.69 Å². The molecule has 0 aliphatic carbocycles. The Bertz CT molecular complexity index is 1030. The lowest BCUT2D eigenvalue weighted by molar-refractivity contribution is 0.208. The number of hydrogen-bond acceptors (Lipinski definition) is 4. The molecule has 0 spiro atoms. The van der Waals surface area contributed by atoms with E-state index < -0.39 is 0 Å². The summed E-state index contributed by atoms with van der Waals surface area (Å²) in [7, 11) is 0. The number of hydrogen-bond donors (Lipinski definition) is 2. The predicted octanol–water partition coefficient (Wildman–Crippen LogP) is 3.83. The molecule has 1 atom stereocenters. The fourth-order valence-electron chi connectivity index (χ4n) is 4.03. The normalized spacial score (nSPS) is 17.8. The van der Waals surface area contributed by atoms with Gasteiger partial charge in [0.2, 0.25) is 0 Å². The summed E-state index contributed by atoms with van der Waals surface area (Å²) in [5, 5.41) is 12.0. The first kappa shape index (κ1) is 17.0. The molecule has 0 bridgehead atoms. The van der Waals surface area contributed by atoms with Gasteiger partial charge in [-0.25, -0.2) is 4.98 Å². The van der Waals surface area contributed by atoms with Crippen molar-refractivity contribution in [3.63, 3.8) is 0 Å². The van der Waals surface area contributed by atoms with Crippen LogP contribution in [0.3, 0.4) is 0 Å². The van der Waals surface area contributed by atoms with Crippen molar-refractivity contribution in [3.8, 4) is 5.69 Å². The van der Waals surface area contributed by atoms with Crippen LogP contribution in [-0.2, 0) is 6.54 Å². The highest BCUT2D eigenvalue weighted by Crippen LogP contribution is 2.21. The highest BCUT2D eigenvalue weighted by atomic mass is 15.2. The van der Waals surface area contributed by atoms with Crippen molar-refractivity contribution in [3.05, 3.63) is 72.9 Å². The van der Waals surface area contributed by atoms with Gasteiger partial charge in [-0.05, 0) is 55.3 Å². The lowest BCUT2D eigenvalue weighted by Crippen LogP contribution is -2.41. The molecule has 6 nitrogen and oxygen atoms in total. The minimum absolute atomic E-state index is 0.475. The molecular formula is C22H24N6. The topological polar surface area (TPSA) is 61.8 Å². The van der Waals surface area contributed by atoms with E-state index in [1.54, 1.807) is 6.20 Å². The predicted molar refractivity (Wildman–Crippen MR) is 112 cm³/mol. The summed E-state index contributed by atoms with van der Waals surface area (Å²) in [5.74, 6) is 0. The molecule has 0 radical (unpaired) electrons. The largest absolute Gasteiger partial charge is 0.381 e. The van der Waals surface area contributed by atoms with Gasteiger partial charge in [0, 0.05) is 48.3 Å². The van der Waals surface area contributed by atoms with E-state index in [4.69, 9.17) is 0 Å². The standard InChI is InChI=1S/C22H24N6/c1-2-20(25-19-5-8-22-18(12-19)13-24-26-22)15-27(10-1)14-17-3-6-21(7-4-17)28-11-9-23-16-28/h3-9,11-13,16,20,25H,1-2,10,14-15H2,(H,24,26)/t20-/m0/s1. The van der Waals surface area contributed by atoms with Gasteiger partial charge in [-0.15, -0.1) is 0 Å². The summed E-state index contributed by atoms with van der Waals surface area (Å²) in [6, 6.07) is 15.6. The SMILES string of the molecule is c1cn(-c2ccc(CN3CCC[C@H](Nc4ccc5[nH]ncc5c4)C3)cc2)cn1. The number of piperidine rings is 1. The Labute approximate surface area is 164 Å². The summed E-state index contributed by atoms with van der Waals surface area (Å²) in [6.07, 6.45) is 9.91. The van der Waals surface area contributed by atoms with E-state index in [2.05, 4.69) is 67.9 Å². The number of rotatable bonds is 5. The molecule has 5 rings (SSSR count). The zero-order valence-corrected chi connectivity index (χ0v) is 15.8. The Balaban J connectivity index is 1.21. The van der Waals surface area contributed by atoms with Crippen molar-refractivity contribution in [1.82, 2.24) is 24.6 Å². The molecule has 3 heterocycles.